The van der Waals surface area contributed by atoms with E-state index in [9.17, 15) is 0 Å². The van der Waals surface area contributed by atoms with E-state index in [1.165, 1.54) is 56.7 Å². The number of hydrogen-bond donors (Lipinski definition) is 1. The van der Waals surface area contributed by atoms with Gasteiger partial charge in [-0.05, 0) is 50.0 Å². The minimum absolute atomic E-state index is 0.907. The van der Waals surface area contributed by atoms with Crippen LogP contribution >= 0.6 is 23.5 Å². The molecule has 0 aliphatic carbocycles. The van der Waals surface area contributed by atoms with Crippen LogP contribution in [0.15, 0.2) is 0 Å². The van der Waals surface area contributed by atoms with Gasteiger partial charge in [-0.15, -0.1) is 0 Å². The second-order valence-electron chi connectivity index (χ2n) is 3.89. The van der Waals surface area contributed by atoms with Crippen molar-refractivity contribution in [2.24, 2.45) is 0 Å². The number of unbranched alkanes of at least 4 members (excludes halogenated alkanes) is 1. The first-order chi connectivity index (χ1) is 6.93. The third kappa shape index (κ3) is 6.20. The Balaban J connectivity index is 1.82. The van der Waals surface area contributed by atoms with Crippen LogP contribution in [0.2, 0.25) is 0 Å². The van der Waals surface area contributed by atoms with E-state index in [2.05, 4.69) is 23.3 Å². The highest BCUT2D eigenvalue weighted by atomic mass is 32.2. The smallest absolute Gasteiger partial charge is 0.0172 e. The van der Waals surface area contributed by atoms with Crippen LogP contribution in [0, 0.1) is 0 Å². The van der Waals surface area contributed by atoms with Crippen LogP contribution in [0.4, 0.5) is 0 Å². The van der Waals surface area contributed by atoms with E-state index in [4.69, 9.17) is 0 Å². The average Bonchev–Trinajstić information content (AvgIpc) is 2.25. The van der Waals surface area contributed by atoms with Crippen molar-refractivity contribution >= 4 is 23.5 Å². The monoisotopic (exact) mass is 233 g/mol. The van der Waals surface area contributed by atoms with Crippen molar-refractivity contribution in [3.63, 3.8) is 0 Å². The van der Waals surface area contributed by atoms with Crippen LogP contribution < -0.4 is 5.32 Å². The lowest BCUT2D eigenvalue weighted by atomic mass is 10.2. The van der Waals surface area contributed by atoms with E-state index >= 15 is 0 Å². The van der Waals surface area contributed by atoms with E-state index in [-0.39, 0.29) is 0 Å². The molecule has 1 aliphatic rings. The first kappa shape index (κ1) is 12.7. The first-order valence-corrected chi connectivity index (χ1v) is 8.19. The standard InChI is InChI=1S/C11H23NS2/c1-13-8-5-3-7-12-10-11-6-2-4-9-14-11/h11-12H,2-10H2,1H3. The fourth-order valence-corrected chi connectivity index (χ4v) is 3.49. The highest BCUT2D eigenvalue weighted by Gasteiger charge is 2.12. The molecule has 14 heavy (non-hydrogen) atoms. The Morgan fingerprint density at radius 1 is 1.36 bits per heavy atom. The number of hydrogen-bond acceptors (Lipinski definition) is 3. The molecule has 0 aromatic rings. The summed E-state index contributed by atoms with van der Waals surface area (Å²) in [5, 5.41) is 4.49. The van der Waals surface area contributed by atoms with Gasteiger partial charge < -0.3 is 5.32 Å². The van der Waals surface area contributed by atoms with E-state index in [0.29, 0.717) is 0 Å². The predicted molar refractivity (Wildman–Crippen MR) is 70.6 cm³/mol. The summed E-state index contributed by atoms with van der Waals surface area (Å²) < 4.78 is 0. The Morgan fingerprint density at radius 2 is 2.29 bits per heavy atom. The third-order valence-electron chi connectivity index (χ3n) is 2.60. The molecular formula is C11H23NS2. The molecule has 1 atom stereocenters. The molecule has 1 N–H and O–H groups in total. The van der Waals surface area contributed by atoms with Crippen molar-refractivity contribution in [1.29, 1.82) is 0 Å². The summed E-state index contributed by atoms with van der Waals surface area (Å²) in [6.45, 7) is 2.46. The van der Waals surface area contributed by atoms with Crippen molar-refractivity contribution in [1.82, 2.24) is 5.32 Å². The summed E-state index contributed by atoms with van der Waals surface area (Å²) in [4.78, 5) is 0. The number of nitrogens with one attached hydrogen (secondary N) is 1. The summed E-state index contributed by atoms with van der Waals surface area (Å²) >= 11 is 4.12. The van der Waals surface area contributed by atoms with Gasteiger partial charge in [0.2, 0.25) is 0 Å². The van der Waals surface area contributed by atoms with Gasteiger partial charge in [0.05, 0.1) is 0 Å². The van der Waals surface area contributed by atoms with Crippen LogP contribution in [0.25, 0.3) is 0 Å². The molecule has 0 aromatic heterocycles. The molecule has 1 fully saturated rings. The summed E-state index contributed by atoms with van der Waals surface area (Å²) in [6.07, 6.45) is 9.22. The Labute approximate surface area is 97.2 Å². The largest absolute Gasteiger partial charge is 0.316 e. The molecule has 0 saturated carbocycles. The summed E-state index contributed by atoms with van der Waals surface area (Å²) in [5.74, 6) is 2.71. The van der Waals surface area contributed by atoms with Crippen LogP contribution in [0.3, 0.4) is 0 Å². The van der Waals surface area contributed by atoms with Gasteiger partial charge in [-0.3, -0.25) is 0 Å². The molecule has 0 radical (unpaired) electrons. The maximum Gasteiger partial charge on any atom is 0.0172 e. The molecular weight excluding hydrogens is 210 g/mol. The lowest BCUT2D eigenvalue weighted by Crippen LogP contribution is -2.27. The zero-order chi connectivity index (χ0) is 10.1. The minimum Gasteiger partial charge on any atom is -0.316 e. The highest BCUT2D eigenvalue weighted by Crippen LogP contribution is 2.24. The van der Waals surface area contributed by atoms with Gasteiger partial charge in [0, 0.05) is 11.8 Å². The fourth-order valence-electron chi connectivity index (χ4n) is 1.73. The highest BCUT2D eigenvalue weighted by molar-refractivity contribution is 8.00. The van der Waals surface area contributed by atoms with E-state index < -0.39 is 0 Å². The molecule has 1 unspecified atom stereocenters. The van der Waals surface area contributed by atoms with Crippen LogP contribution in [-0.2, 0) is 0 Å². The molecule has 1 nitrogen and oxygen atoms in total. The van der Waals surface area contributed by atoms with Gasteiger partial charge in [-0.2, -0.15) is 23.5 Å². The topological polar surface area (TPSA) is 12.0 Å². The summed E-state index contributed by atoms with van der Waals surface area (Å²) in [7, 11) is 0. The van der Waals surface area contributed by atoms with Crippen molar-refractivity contribution in [2.75, 3.05) is 30.9 Å². The molecule has 1 heterocycles. The molecule has 3 heteroatoms. The van der Waals surface area contributed by atoms with Gasteiger partial charge in [-0.1, -0.05) is 6.42 Å². The first-order valence-electron chi connectivity index (χ1n) is 5.74. The SMILES string of the molecule is CSCCCCNCC1CCCCS1. The molecule has 0 aromatic carbocycles. The van der Waals surface area contributed by atoms with Crippen molar-refractivity contribution in [3.05, 3.63) is 0 Å². The van der Waals surface area contributed by atoms with E-state index in [0.717, 1.165) is 5.25 Å². The predicted octanol–water partition coefficient (Wildman–Crippen LogP) is 3.00. The quantitative estimate of drug-likeness (QED) is 0.679. The zero-order valence-corrected chi connectivity index (χ0v) is 10.9. The van der Waals surface area contributed by atoms with Crippen LogP contribution in [0.5, 0.6) is 0 Å². The Morgan fingerprint density at radius 3 is 3.00 bits per heavy atom. The summed E-state index contributed by atoms with van der Waals surface area (Å²) in [6, 6.07) is 0. The average molecular weight is 233 g/mol. The normalized spacial score (nSPS) is 22.5. The van der Waals surface area contributed by atoms with Crippen LogP contribution in [0.1, 0.15) is 32.1 Å². The van der Waals surface area contributed by atoms with Gasteiger partial charge in [0.25, 0.3) is 0 Å². The minimum atomic E-state index is 0.907. The van der Waals surface area contributed by atoms with E-state index in [1.54, 1.807) is 0 Å². The Kier molecular flexibility index (Phi) is 8.12. The van der Waals surface area contributed by atoms with E-state index in [1.807, 2.05) is 11.8 Å². The fraction of sp³-hybridized carbons (Fsp3) is 1.00. The van der Waals surface area contributed by atoms with Crippen molar-refractivity contribution in [2.45, 2.75) is 37.4 Å². The summed E-state index contributed by atoms with van der Waals surface area (Å²) in [5.41, 5.74) is 0. The third-order valence-corrected chi connectivity index (χ3v) is 4.69. The van der Waals surface area contributed by atoms with Gasteiger partial charge in [0.15, 0.2) is 0 Å². The maximum atomic E-state index is 3.58. The Hall–Kier alpha value is 0.660. The molecule has 1 aliphatic heterocycles. The van der Waals surface area contributed by atoms with Gasteiger partial charge in [0.1, 0.15) is 0 Å². The Bertz CT molecular complexity index is 124. The number of rotatable bonds is 7. The van der Waals surface area contributed by atoms with Crippen LogP contribution in [-0.4, -0.2) is 36.1 Å². The second-order valence-corrected chi connectivity index (χ2v) is 6.29. The lowest BCUT2D eigenvalue weighted by Gasteiger charge is -2.21. The van der Waals surface area contributed by atoms with Crippen molar-refractivity contribution < 1.29 is 0 Å². The molecule has 0 bridgehead atoms. The molecule has 1 rings (SSSR count). The second kappa shape index (κ2) is 8.93. The molecule has 0 amide bonds. The molecule has 0 spiro atoms. The lowest BCUT2D eigenvalue weighted by molar-refractivity contribution is 0.584. The molecule has 84 valence electrons. The van der Waals surface area contributed by atoms with Gasteiger partial charge >= 0.3 is 0 Å². The van der Waals surface area contributed by atoms with Crippen molar-refractivity contribution in [3.8, 4) is 0 Å². The number of thioether (sulfide) groups is 2. The van der Waals surface area contributed by atoms with Gasteiger partial charge in [-0.25, -0.2) is 0 Å². The molecule has 1 saturated heterocycles. The maximum absolute atomic E-state index is 3.58. The zero-order valence-electron chi connectivity index (χ0n) is 9.26.